The van der Waals surface area contributed by atoms with Crippen molar-refractivity contribution >= 4 is 35.5 Å². The third-order valence-electron chi connectivity index (χ3n) is 4.60. The van der Waals surface area contributed by atoms with Crippen LogP contribution in [0.4, 0.5) is 26.0 Å². The Bertz CT molecular complexity index is 1020. The average Bonchev–Trinajstić information content (AvgIpc) is 3.02. The molecule has 1 heterocycles. The second kappa shape index (κ2) is 8.45. The van der Waals surface area contributed by atoms with Crippen molar-refractivity contribution in [3.63, 3.8) is 0 Å². The molecule has 2 aromatic carbocycles. The first-order valence-corrected chi connectivity index (χ1v) is 8.84. The molecule has 0 saturated carbocycles. The van der Waals surface area contributed by atoms with E-state index in [4.69, 9.17) is 5.73 Å². The second-order valence-corrected chi connectivity index (χ2v) is 6.80. The van der Waals surface area contributed by atoms with Crippen molar-refractivity contribution in [2.45, 2.75) is 18.9 Å². The monoisotopic (exact) mass is 416 g/mol. The summed E-state index contributed by atoms with van der Waals surface area (Å²) in [6.45, 7) is 0. The number of nitrogens with two attached hydrogens (primary N) is 1. The molecule has 1 aromatic heterocycles. The van der Waals surface area contributed by atoms with Gasteiger partial charge in [-0.2, -0.15) is 0 Å². The fourth-order valence-electron chi connectivity index (χ4n) is 3.43. The van der Waals surface area contributed by atoms with E-state index < -0.39 is 11.6 Å². The van der Waals surface area contributed by atoms with Crippen LogP contribution in [0.25, 0.3) is 0 Å². The van der Waals surface area contributed by atoms with E-state index in [9.17, 15) is 13.6 Å². The highest BCUT2D eigenvalue weighted by Crippen LogP contribution is 2.23. The number of carbonyl (C=O) groups excluding carboxylic acids is 1. The van der Waals surface area contributed by atoms with E-state index in [-0.39, 0.29) is 41.6 Å². The van der Waals surface area contributed by atoms with Crippen LogP contribution in [-0.4, -0.2) is 16.9 Å². The number of anilines is 3. The fourth-order valence-corrected chi connectivity index (χ4v) is 3.43. The summed E-state index contributed by atoms with van der Waals surface area (Å²) in [5.41, 5.74) is 8.95. The maximum atomic E-state index is 13.4. The Balaban J connectivity index is 0.00000240. The van der Waals surface area contributed by atoms with Crippen LogP contribution >= 0.6 is 12.4 Å². The molecule has 0 saturated heterocycles. The molecule has 0 atom stereocenters. The molecule has 1 aliphatic rings. The van der Waals surface area contributed by atoms with E-state index in [2.05, 4.69) is 27.8 Å². The molecule has 8 heteroatoms. The summed E-state index contributed by atoms with van der Waals surface area (Å²) in [5, 5.41) is 5.75. The summed E-state index contributed by atoms with van der Waals surface area (Å²) in [6, 6.07) is 14.1. The lowest BCUT2D eigenvalue weighted by Crippen LogP contribution is -2.35. The molecule has 0 aliphatic heterocycles. The van der Waals surface area contributed by atoms with E-state index in [0.29, 0.717) is 5.69 Å². The largest absolute Gasteiger partial charge is 0.399 e. The van der Waals surface area contributed by atoms with Crippen LogP contribution in [0.3, 0.4) is 0 Å². The van der Waals surface area contributed by atoms with Gasteiger partial charge in [0.1, 0.15) is 23.1 Å². The first-order valence-electron chi connectivity index (χ1n) is 8.84. The van der Waals surface area contributed by atoms with Gasteiger partial charge in [0.25, 0.3) is 5.91 Å². The Labute approximate surface area is 172 Å². The number of nitrogen functional groups attached to an aromatic ring is 1. The van der Waals surface area contributed by atoms with Crippen LogP contribution < -0.4 is 16.4 Å². The molecule has 0 radical (unpaired) electrons. The number of amides is 1. The topological polar surface area (TPSA) is 80.0 Å². The zero-order valence-corrected chi connectivity index (χ0v) is 16.1. The molecule has 0 spiro atoms. The molecule has 1 amide bonds. The maximum Gasteiger partial charge on any atom is 0.270 e. The van der Waals surface area contributed by atoms with Crippen LogP contribution in [0, 0.1) is 11.6 Å². The zero-order chi connectivity index (χ0) is 19.7. The minimum Gasteiger partial charge on any atom is -0.399 e. The lowest BCUT2D eigenvalue weighted by atomic mass is 10.1. The Morgan fingerprint density at radius 3 is 2.24 bits per heavy atom. The zero-order valence-electron chi connectivity index (χ0n) is 15.3. The van der Waals surface area contributed by atoms with Gasteiger partial charge in [0.15, 0.2) is 0 Å². The number of rotatable bonds is 4. The number of nitrogens with one attached hydrogen (secondary N) is 2. The van der Waals surface area contributed by atoms with E-state index in [1.807, 2.05) is 12.1 Å². The molecule has 150 valence electrons. The smallest absolute Gasteiger partial charge is 0.270 e. The van der Waals surface area contributed by atoms with Gasteiger partial charge in [-0.1, -0.05) is 24.3 Å². The van der Waals surface area contributed by atoms with E-state index in [1.165, 1.54) is 23.3 Å². The quantitative estimate of drug-likeness (QED) is 0.600. The minimum atomic E-state index is -0.717. The SMILES string of the molecule is Cl.Nc1cc(Nc2cc(F)cc(F)c2)nc(C(=O)NC2Cc3ccccc3C2)c1. The number of fused-ring (bicyclic) bond motifs is 1. The van der Waals surface area contributed by atoms with Crippen LogP contribution in [0.5, 0.6) is 0 Å². The molecule has 4 N–H and O–H groups in total. The van der Waals surface area contributed by atoms with Gasteiger partial charge < -0.3 is 16.4 Å². The number of aromatic nitrogens is 1. The van der Waals surface area contributed by atoms with Crippen LogP contribution in [-0.2, 0) is 12.8 Å². The van der Waals surface area contributed by atoms with Gasteiger partial charge >= 0.3 is 0 Å². The van der Waals surface area contributed by atoms with Crippen LogP contribution in [0.15, 0.2) is 54.6 Å². The molecule has 3 aromatic rings. The summed E-state index contributed by atoms with van der Waals surface area (Å²) in [5.74, 6) is -1.56. The molecule has 1 aliphatic carbocycles. The van der Waals surface area contributed by atoms with Crippen molar-refractivity contribution in [1.82, 2.24) is 10.3 Å². The fraction of sp³-hybridized carbons (Fsp3) is 0.143. The number of hydrogen-bond acceptors (Lipinski definition) is 4. The number of benzene rings is 2. The number of hydrogen-bond donors (Lipinski definition) is 3. The van der Waals surface area contributed by atoms with Crippen molar-refractivity contribution in [2.24, 2.45) is 0 Å². The molecule has 0 bridgehead atoms. The van der Waals surface area contributed by atoms with E-state index in [0.717, 1.165) is 31.0 Å². The van der Waals surface area contributed by atoms with Crippen molar-refractivity contribution < 1.29 is 13.6 Å². The van der Waals surface area contributed by atoms with Gasteiger partial charge in [-0.05, 0) is 42.2 Å². The Morgan fingerprint density at radius 2 is 1.62 bits per heavy atom. The predicted molar refractivity (Wildman–Crippen MR) is 111 cm³/mol. The third-order valence-corrected chi connectivity index (χ3v) is 4.60. The summed E-state index contributed by atoms with van der Waals surface area (Å²) in [7, 11) is 0. The van der Waals surface area contributed by atoms with Crippen molar-refractivity contribution in [1.29, 1.82) is 0 Å². The molecular weight excluding hydrogens is 398 g/mol. The molecule has 0 unspecified atom stereocenters. The van der Waals surface area contributed by atoms with Gasteiger partial charge in [-0.25, -0.2) is 13.8 Å². The highest BCUT2D eigenvalue weighted by molar-refractivity contribution is 5.94. The summed E-state index contributed by atoms with van der Waals surface area (Å²) in [4.78, 5) is 16.9. The van der Waals surface area contributed by atoms with Crippen molar-refractivity contribution in [2.75, 3.05) is 11.1 Å². The van der Waals surface area contributed by atoms with Gasteiger partial charge in [0.2, 0.25) is 0 Å². The highest BCUT2D eigenvalue weighted by Gasteiger charge is 2.23. The Morgan fingerprint density at radius 1 is 1.00 bits per heavy atom. The number of carbonyl (C=O) groups is 1. The molecule has 29 heavy (non-hydrogen) atoms. The summed E-state index contributed by atoms with van der Waals surface area (Å²) < 4.78 is 26.7. The second-order valence-electron chi connectivity index (χ2n) is 6.80. The van der Waals surface area contributed by atoms with Crippen LogP contribution in [0.2, 0.25) is 0 Å². The van der Waals surface area contributed by atoms with Gasteiger partial charge in [-0.15, -0.1) is 12.4 Å². The minimum absolute atomic E-state index is 0. The Kier molecular flexibility index (Phi) is 5.98. The van der Waals surface area contributed by atoms with Crippen molar-refractivity contribution in [3.05, 3.63) is 83.1 Å². The summed E-state index contributed by atoms with van der Waals surface area (Å²) in [6.07, 6.45) is 1.52. The highest BCUT2D eigenvalue weighted by atomic mass is 35.5. The van der Waals surface area contributed by atoms with E-state index in [1.54, 1.807) is 0 Å². The number of nitrogens with zero attached hydrogens (tertiary/aromatic N) is 1. The van der Waals surface area contributed by atoms with Gasteiger partial charge in [0.05, 0.1) is 0 Å². The molecular formula is C21H19ClF2N4O. The first-order chi connectivity index (χ1) is 13.5. The normalized spacial score (nSPS) is 12.8. The maximum absolute atomic E-state index is 13.4. The third kappa shape index (κ3) is 4.81. The number of halogens is 3. The van der Waals surface area contributed by atoms with Gasteiger partial charge in [-0.3, -0.25) is 4.79 Å². The lowest BCUT2D eigenvalue weighted by molar-refractivity contribution is 0.0933. The molecule has 4 rings (SSSR count). The number of pyridine rings is 1. The predicted octanol–water partition coefficient (Wildman–Crippen LogP) is 4.00. The Hall–Kier alpha value is -3.19. The average molecular weight is 417 g/mol. The first kappa shape index (κ1) is 20.5. The standard InChI is InChI=1S/C21H18F2N4O.ClH/c22-14-7-15(23)9-18(8-14)25-20-11-16(24)10-19(27-20)21(28)26-17-5-12-3-1-2-4-13(12)6-17;/h1-4,7-11,17H,5-6H2,(H,26,28)(H3,24,25,27);1H. The van der Waals surface area contributed by atoms with Crippen molar-refractivity contribution in [3.8, 4) is 0 Å². The van der Waals surface area contributed by atoms with E-state index >= 15 is 0 Å². The van der Waals surface area contributed by atoms with Crippen LogP contribution in [0.1, 0.15) is 21.6 Å². The molecule has 0 fully saturated rings. The van der Waals surface area contributed by atoms with Gasteiger partial charge in [0, 0.05) is 29.5 Å². The molecule has 5 nitrogen and oxygen atoms in total. The lowest BCUT2D eigenvalue weighted by Gasteiger charge is -2.13. The summed E-state index contributed by atoms with van der Waals surface area (Å²) >= 11 is 0.